The van der Waals surface area contributed by atoms with E-state index < -0.39 is 0 Å². The van der Waals surface area contributed by atoms with E-state index in [0.29, 0.717) is 11.6 Å². The number of rotatable bonds is 8. The third-order valence-corrected chi connectivity index (χ3v) is 6.63. The molecule has 0 radical (unpaired) electrons. The van der Waals surface area contributed by atoms with Gasteiger partial charge in [0.25, 0.3) is 0 Å². The highest BCUT2D eigenvalue weighted by Gasteiger charge is 2.30. The summed E-state index contributed by atoms with van der Waals surface area (Å²) in [6.45, 7) is 7.61. The molecule has 0 amide bonds. The molecule has 1 fully saturated rings. The minimum atomic E-state index is 0.0765. The van der Waals surface area contributed by atoms with Crippen LogP contribution in [0.4, 0.5) is 5.82 Å². The first-order chi connectivity index (χ1) is 16.0. The fraction of sp³-hybridized carbons (Fsp3) is 0.542. The first kappa shape index (κ1) is 25.9. The molecule has 1 saturated heterocycles. The average molecular weight is 538 g/mol. The lowest BCUT2D eigenvalue weighted by Gasteiger charge is -2.37. The van der Waals surface area contributed by atoms with E-state index in [1.807, 2.05) is 26.0 Å². The Labute approximate surface area is 210 Å². The molecule has 2 aromatic heterocycles. The molecule has 0 spiro atoms. The molecule has 0 saturated carbocycles. The predicted octanol–water partition coefficient (Wildman–Crippen LogP) is 5.72. The molecule has 33 heavy (non-hydrogen) atoms. The minimum absolute atomic E-state index is 0.0765. The molecule has 1 atom stereocenters. The highest BCUT2D eigenvalue weighted by molar-refractivity contribution is 9.10. The monoisotopic (exact) mass is 536 g/mol. The number of piperidine rings is 1. The van der Waals surface area contributed by atoms with Crippen molar-refractivity contribution in [2.45, 2.75) is 39.2 Å². The van der Waals surface area contributed by atoms with E-state index in [2.05, 4.69) is 72.1 Å². The number of benzene rings is 1. The topological polar surface area (TPSA) is 70.2 Å². The van der Waals surface area contributed by atoms with Gasteiger partial charge in [-0.3, -0.25) is 5.10 Å². The molecule has 1 aliphatic rings. The van der Waals surface area contributed by atoms with Crippen LogP contribution in [0.1, 0.15) is 44.8 Å². The number of hydrogen-bond acceptors (Lipinski definition) is 6. The molecule has 7 nitrogen and oxygen atoms in total. The number of ether oxygens (including phenoxy) is 1. The maximum atomic E-state index is 6.44. The summed E-state index contributed by atoms with van der Waals surface area (Å²) >= 11 is 9.67. The van der Waals surface area contributed by atoms with E-state index in [0.717, 1.165) is 66.3 Å². The van der Waals surface area contributed by atoms with Crippen molar-refractivity contribution in [3.63, 3.8) is 0 Å². The fourth-order valence-electron chi connectivity index (χ4n) is 4.21. The van der Waals surface area contributed by atoms with Crippen molar-refractivity contribution in [1.82, 2.24) is 25.1 Å². The molecule has 1 aliphatic heterocycles. The largest absolute Gasteiger partial charge is 0.373 e. The quantitative estimate of drug-likeness (QED) is 0.371. The van der Waals surface area contributed by atoms with Gasteiger partial charge in [-0.15, -0.1) is 0 Å². The van der Waals surface area contributed by atoms with Crippen molar-refractivity contribution in [2.75, 3.05) is 45.2 Å². The highest BCUT2D eigenvalue weighted by Crippen LogP contribution is 2.37. The number of H-pyrrole nitrogens is 1. The highest BCUT2D eigenvalue weighted by atomic mass is 79.9. The molecule has 180 valence electrons. The zero-order chi connectivity index (χ0) is 23.8. The van der Waals surface area contributed by atoms with Crippen LogP contribution in [0.25, 0.3) is 11.0 Å². The van der Waals surface area contributed by atoms with Gasteiger partial charge in [-0.2, -0.15) is 5.10 Å². The summed E-state index contributed by atoms with van der Waals surface area (Å²) in [5.74, 6) is 1.38. The van der Waals surface area contributed by atoms with Crippen molar-refractivity contribution >= 4 is 44.4 Å². The van der Waals surface area contributed by atoms with Crippen LogP contribution in [-0.2, 0) is 4.74 Å². The molecular formula is C24H34BrClN6O. The Morgan fingerprint density at radius 1 is 1.18 bits per heavy atom. The maximum absolute atomic E-state index is 6.44. The second kappa shape index (κ2) is 12.6. The number of anilines is 1. The van der Waals surface area contributed by atoms with Crippen molar-refractivity contribution in [2.24, 2.45) is 5.92 Å². The molecule has 9 heteroatoms. The number of aromatic amines is 1. The summed E-state index contributed by atoms with van der Waals surface area (Å²) < 4.78 is 7.26. The number of aromatic nitrogens is 4. The molecular weight excluding hydrogens is 504 g/mol. The van der Waals surface area contributed by atoms with Crippen LogP contribution >= 0.6 is 27.5 Å². The lowest BCUT2D eigenvalue weighted by molar-refractivity contribution is -0.000229. The molecule has 3 heterocycles. The van der Waals surface area contributed by atoms with Crippen LogP contribution in [0.5, 0.6) is 0 Å². The van der Waals surface area contributed by atoms with Gasteiger partial charge in [0.05, 0.1) is 11.5 Å². The molecule has 0 aliphatic carbocycles. The zero-order valence-electron chi connectivity index (χ0n) is 19.9. The normalized spacial score (nSPS) is 15.5. The second-order valence-electron chi connectivity index (χ2n) is 8.26. The minimum Gasteiger partial charge on any atom is -0.373 e. The van der Waals surface area contributed by atoms with Crippen molar-refractivity contribution < 1.29 is 4.74 Å². The Morgan fingerprint density at radius 3 is 2.55 bits per heavy atom. The van der Waals surface area contributed by atoms with E-state index in [4.69, 9.17) is 16.3 Å². The van der Waals surface area contributed by atoms with E-state index in [-0.39, 0.29) is 6.10 Å². The number of fused-ring (bicyclic) bond motifs is 1. The Morgan fingerprint density at radius 2 is 1.88 bits per heavy atom. The van der Waals surface area contributed by atoms with Gasteiger partial charge in [-0.25, -0.2) is 9.97 Å². The first-order valence-corrected chi connectivity index (χ1v) is 12.8. The Hall–Kier alpha value is -1.74. The fourth-order valence-corrected chi connectivity index (χ4v) is 4.78. The summed E-state index contributed by atoms with van der Waals surface area (Å²) in [5, 5.41) is 8.88. The van der Waals surface area contributed by atoms with Gasteiger partial charge in [0.2, 0.25) is 0 Å². The summed E-state index contributed by atoms with van der Waals surface area (Å²) in [5.41, 5.74) is 1.89. The van der Waals surface area contributed by atoms with Crippen LogP contribution in [0.3, 0.4) is 0 Å². The standard InChI is InChI=1S/C22H28BrClN6O.C2H6/c1-29(2)10-3-13-31-19(15-4-6-17(24)7-5-15)16-8-11-30(12-9-16)22-18-20(23)27-28-21(18)25-14-26-22;1-2/h4-7,14,16,19H,3,8-13H2,1-2H3,(H,25,26,27,28);1-2H3. The van der Waals surface area contributed by atoms with Crippen LogP contribution in [0.15, 0.2) is 35.2 Å². The van der Waals surface area contributed by atoms with Gasteiger partial charge in [0, 0.05) is 24.7 Å². The van der Waals surface area contributed by atoms with Crippen LogP contribution in [-0.4, -0.2) is 65.4 Å². The Balaban J connectivity index is 0.00000149. The lowest BCUT2D eigenvalue weighted by atomic mass is 9.87. The van der Waals surface area contributed by atoms with Gasteiger partial charge in [0.1, 0.15) is 16.7 Å². The summed E-state index contributed by atoms with van der Waals surface area (Å²) in [4.78, 5) is 13.3. The van der Waals surface area contributed by atoms with Crippen molar-refractivity contribution in [3.8, 4) is 0 Å². The number of nitrogens with zero attached hydrogens (tertiary/aromatic N) is 5. The second-order valence-corrected chi connectivity index (χ2v) is 9.49. The molecule has 1 aromatic carbocycles. The number of halogens is 2. The van der Waals surface area contributed by atoms with Crippen LogP contribution in [0.2, 0.25) is 5.02 Å². The first-order valence-electron chi connectivity index (χ1n) is 11.6. The van der Waals surface area contributed by atoms with E-state index in [1.54, 1.807) is 6.33 Å². The maximum Gasteiger partial charge on any atom is 0.187 e. The van der Waals surface area contributed by atoms with Crippen LogP contribution < -0.4 is 4.90 Å². The SMILES string of the molecule is CC.CN(C)CCCOC(c1ccc(Cl)cc1)C1CCN(c2ncnc3n[nH]c(Br)c23)CC1. The van der Waals surface area contributed by atoms with Crippen LogP contribution in [0, 0.1) is 5.92 Å². The van der Waals surface area contributed by atoms with Crippen molar-refractivity contribution in [1.29, 1.82) is 0 Å². The van der Waals surface area contributed by atoms with E-state index in [1.165, 1.54) is 5.56 Å². The molecule has 1 N–H and O–H groups in total. The van der Waals surface area contributed by atoms with Gasteiger partial charge >= 0.3 is 0 Å². The Kier molecular flexibility index (Phi) is 9.92. The van der Waals surface area contributed by atoms with Crippen molar-refractivity contribution in [3.05, 3.63) is 45.8 Å². The smallest absolute Gasteiger partial charge is 0.187 e. The molecule has 4 rings (SSSR count). The van der Waals surface area contributed by atoms with Gasteiger partial charge in [0.15, 0.2) is 5.65 Å². The average Bonchev–Trinajstić information content (AvgIpc) is 3.22. The number of hydrogen-bond donors (Lipinski definition) is 1. The number of nitrogens with one attached hydrogen (secondary N) is 1. The summed E-state index contributed by atoms with van der Waals surface area (Å²) in [7, 11) is 4.18. The predicted molar refractivity (Wildman–Crippen MR) is 139 cm³/mol. The van der Waals surface area contributed by atoms with E-state index >= 15 is 0 Å². The van der Waals surface area contributed by atoms with E-state index in [9.17, 15) is 0 Å². The lowest BCUT2D eigenvalue weighted by Crippen LogP contribution is -2.37. The molecule has 3 aromatic rings. The third-order valence-electron chi connectivity index (χ3n) is 5.80. The van der Waals surface area contributed by atoms with Gasteiger partial charge in [-0.05, 0) is 79.4 Å². The summed E-state index contributed by atoms with van der Waals surface area (Å²) in [6.07, 6.45) is 4.74. The zero-order valence-corrected chi connectivity index (χ0v) is 22.2. The molecule has 0 bridgehead atoms. The Bertz CT molecular complexity index is 988. The van der Waals surface area contributed by atoms with Gasteiger partial charge < -0.3 is 14.5 Å². The summed E-state index contributed by atoms with van der Waals surface area (Å²) in [6, 6.07) is 8.11. The van der Waals surface area contributed by atoms with Gasteiger partial charge in [-0.1, -0.05) is 37.6 Å². The third kappa shape index (κ3) is 6.66. The molecule has 1 unspecified atom stereocenters.